The van der Waals surface area contributed by atoms with E-state index < -0.39 is 0 Å². The molecule has 1 atom stereocenters. The number of carbonyl (C=O) groups is 1. The Morgan fingerprint density at radius 3 is 3.14 bits per heavy atom. The van der Waals surface area contributed by atoms with Crippen LogP contribution in [-0.4, -0.2) is 27.7 Å². The molecule has 0 aromatic carbocycles. The van der Waals surface area contributed by atoms with Crippen LogP contribution < -0.4 is 5.32 Å². The van der Waals surface area contributed by atoms with Crippen molar-refractivity contribution in [3.63, 3.8) is 0 Å². The molecule has 2 aromatic heterocycles. The lowest BCUT2D eigenvalue weighted by atomic mass is 9.97. The highest BCUT2D eigenvalue weighted by Crippen LogP contribution is 2.40. The molecule has 0 bridgehead atoms. The summed E-state index contributed by atoms with van der Waals surface area (Å²) in [5, 5.41) is 4.56. The molecule has 1 N–H and O–H groups in total. The van der Waals surface area contributed by atoms with Gasteiger partial charge in [-0.3, -0.25) is 4.79 Å². The third-order valence-corrected chi connectivity index (χ3v) is 6.04. The van der Waals surface area contributed by atoms with Crippen molar-refractivity contribution in [1.29, 1.82) is 0 Å². The molecule has 0 fully saturated rings. The molecule has 1 aliphatic rings. The molecular weight excluding hydrogens is 314 g/mol. The van der Waals surface area contributed by atoms with Crippen molar-refractivity contribution in [2.45, 2.75) is 42.9 Å². The molecule has 0 radical (unpaired) electrons. The van der Waals surface area contributed by atoms with Crippen molar-refractivity contribution in [3.8, 4) is 12.3 Å². The predicted octanol–water partition coefficient (Wildman–Crippen LogP) is 2.80. The zero-order valence-corrected chi connectivity index (χ0v) is 14.0. The fourth-order valence-electron chi connectivity index (χ4n) is 2.65. The van der Waals surface area contributed by atoms with Crippen LogP contribution in [0.2, 0.25) is 0 Å². The van der Waals surface area contributed by atoms with Crippen molar-refractivity contribution in [1.82, 2.24) is 15.3 Å². The average molecular weight is 331 g/mol. The maximum absolute atomic E-state index is 12.0. The van der Waals surface area contributed by atoms with E-state index in [1.165, 1.54) is 35.0 Å². The number of hydrogen-bond donors (Lipinski definition) is 1. The van der Waals surface area contributed by atoms with Gasteiger partial charge in [0.2, 0.25) is 5.91 Å². The van der Waals surface area contributed by atoms with Gasteiger partial charge in [-0.25, -0.2) is 9.97 Å². The third kappa shape index (κ3) is 2.96. The number of aromatic nitrogens is 2. The average Bonchev–Trinajstić information content (AvgIpc) is 2.92. The second-order valence-corrected chi connectivity index (χ2v) is 7.67. The number of thiophene rings is 1. The van der Waals surface area contributed by atoms with E-state index in [4.69, 9.17) is 6.42 Å². The predicted molar refractivity (Wildman–Crippen MR) is 91.2 cm³/mol. The molecule has 0 aliphatic heterocycles. The lowest BCUT2D eigenvalue weighted by Gasteiger charge is -2.13. The van der Waals surface area contributed by atoms with E-state index in [0.717, 1.165) is 28.1 Å². The molecule has 22 heavy (non-hydrogen) atoms. The maximum atomic E-state index is 12.0. The van der Waals surface area contributed by atoms with Gasteiger partial charge in [0.05, 0.1) is 11.8 Å². The topological polar surface area (TPSA) is 54.9 Å². The molecule has 1 amide bonds. The summed E-state index contributed by atoms with van der Waals surface area (Å²) in [6.07, 6.45) is 11.5. The molecule has 0 saturated heterocycles. The normalized spacial score (nSPS) is 15.1. The van der Waals surface area contributed by atoms with Gasteiger partial charge < -0.3 is 5.32 Å². The summed E-state index contributed by atoms with van der Waals surface area (Å²) in [6, 6.07) is 0. The van der Waals surface area contributed by atoms with E-state index in [0.29, 0.717) is 0 Å². The van der Waals surface area contributed by atoms with Crippen LogP contribution in [0, 0.1) is 12.3 Å². The van der Waals surface area contributed by atoms with Crippen molar-refractivity contribution in [2.24, 2.45) is 0 Å². The summed E-state index contributed by atoms with van der Waals surface area (Å²) in [6.45, 7) is 2.14. The minimum Gasteiger partial charge on any atom is -0.344 e. The van der Waals surface area contributed by atoms with Crippen LogP contribution in [-0.2, 0) is 17.6 Å². The van der Waals surface area contributed by atoms with Gasteiger partial charge in [0.15, 0.2) is 0 Å². The zero-order chi connectivity index (χ0) is 15.5. The standard InChI is InChI=1S/C16H17N3OS2/c1-3-8-17-14(20)10(2)21-15-13-11-6-4-5-7-12(11)22-16(13)19-9-18-15/h1,9-10H,4-8H2,2H3,(H,17,20). The first-order valence-corrected chi connectivity index (χ1v) is 9.03. The fourth-order valence-corrected chi connectivity index (χ4v) is 4.92. The van der Waals surface area contributed by atoms with Crippen LogP contribution >= 0.6 is 23.1 Å². The van der Waals surface area contributed by atoms with E-state index in [2.05, 4.69) is 21.2 Å². The number of nitrogens with one attached hydrogen (secondary N) is 1. The van der Waals surface area contributed by atoms with Crippen LogP contribution in [0.15, 0.2) is 11.4 Å². The lowest BCUT2D eigenvalue weighted by Crippen LogP contribution is -2.31. The van der Waals surface area contributed by atoms with Gasteiger partial charge in [-0.2, -0.15) is 0 Å². The van der Waals surface area contributed by atoms with E-state index in [1.807, 2.05) is 6.92 Å². The van der Waals surface area contributed by atoms with Crippen molar-refractivity contribution < 1.29 is 4.79 Å². The molecule has 6 heteroatoms. The first-order valence-electron chi connectivity index (χ1n) is 7.33. The molecule has 2 aromatic rings. The molecule has 114 valence electrons. The minimum absolute atomic E-state index is 0.0567. The molecule has 3 rings (SSSR count). The number of aryl methyl sites for hydroxylation is 2. The quantitative estimate of drug-likeness (QED) is 0.532. The Morgan fingerprint density at radius 2 is 2.32 bits per heavy atom. The van der Waals surface area contributed by atoms with Crippen LogP contribution in [0.5, 0.6) is 0 Å². The summed E-state index contributed by atoms with van der Waals surface area (Å²) in [7, 11) is 0. The molecule has 4 nitrogen and oxygen atoms in total. The van der Waals surface area contributed by atoms with Gasteiger partial charge in [-0.15, -0.1) is 17.8 Å². The smallest absolute Gasteiger partial charge is 0.234 e. The summed E-state index contributed by atoms with van der Waals surface area (Å²) in [5.74, 6) is 2.36. The number of fused-ring (bicyclic) bond motifs is 3. The van der Waals surface area contributed by atoms with Crippen LogP contribution in [0.3, 0.4) is 0 Å². The fraction of sp³-hybridized carbons (Fsp3) is 0.438. The van der Waals surface area contributed by atoms with Crippen molar-refractivity contribution in [2.75, 3.05) is 6.54 Å². The third-order valence-electron chi connectivity index (χ3n) is 3.74. The molecule has 1 unspecified atom stereocenters. The van der Waals surface area contributed by atoms with Gasteiger partial charge in [0.25, 0.3) is 0 Å². The number of carbonyl (C=O) groups excluding carboxylic acids is 1. The number of hydrogen-bond acceptors (Lipinski definition) is 5. The number of thioether (sulfide) groups is 1. The molecule has 0 saturated carbocycles. The monoisotopic (exact) mass is 331 g/mol. The van der Waals surface area contributed by atoms with Gasteiger partial charge in [-0.1, -0.05) is 17.7 Å². The Morgan fingerprint density at radius 1 is 1.50 bits per heavy atom. The highest BCUT2D eigenvalue weighted by Gasteiger charge is 2.22. The van der Waals surface area contributed by atoms with E-state index >= 15 is 0 Å². The number of rotatable bonds is 4. The Hall–Kier alpha value is -1.58. The maximum Gasteiger partial charge on any atom is 0.234 e. The Bertz CT molecular complexity index is 748. The van der Waals surface area contributed by atoms with Gasteiger partial charge in [-0.05, 0) is 38.2 Å². The molecular formula is C16H17N3OS2. The Kier molecular flexibility index (Phi) is 4.65. The van der Waals surface area contributed by atoms with Crippen molar-refractivity contribution in [3.05, 3.63) is 16.8 Å². The SMILES string of the molecule is C#CCNC(=O)C(C)Sc1ncnc2sc3c(c12)CCCC3. The van der Waals surface area contributed by atoms with Crippen LogP contribution in [0.1, 0.15) is 30.2 Å². The Balaban J connectivity index is 1.89. The molecule has 0 spiro atoms. The highest BCUT2D eigenvalue weighted by molar-refractivity contribution is 8.00. The Labute approximate surface area is 138 Å². The molecule has 2 heterocycles. The number of amides is 1. The first kappa shape index (κ1) is 15.3. The number of terminal acetylenes is 1. The molecule has 1 aliphatic carbocycles. The van der Waals surface area contributed by atoms with Gasteiger partial charge >= 0.3 is 0 Å². The summed E-state index contributed by atoms with van der Waals surface area (Å²) < 4.78 is 0. The summed E-state index contributed by atoms with van der Waals surface area (Å²) in [4.78, 5) is 23.3. The van der Waals surface area contributed by atoms with Crippen LogP contribution in [0.4, 0.5) is 0 Å². The highest BCUT2D eigenvalue weighted by atomic mass is 32.2. The van der Waals surface area contributed by atoms with Crippen molar-refractivity contribution >= 4 is 39.2 Å². The largest absolute Gasteiger partial charge is 0.344 e. The zero-order valence-electron chi connectivity index (χ0n) is 12.4. The summed E-state index contributed by atoms with van der Waals surface area (Å²) >= 11 is 3.26. The van der Waals surface area contributed by atoms with Crippen LogP contribution in [0.25, 0.3) is 10.2 Å². The van der Waals surface area contributed by atoms with Gasteiger partial charge in [0, 0.05) is 10.3 Å². The lowest BCUT2D eigenvalue weighted by molar-refractivity contribution is -0.120. The summed E-state index contributed by atoms with van der Waals surface area (Å²) in [5.41, 5.74) is 1.39. The first-order chi connectivity index (χ1) is 10.7. The minimum atomic E-state index is -0.231. The second-order valence-electron chi connectivity index (χ2n) is 5.25. The number of nitrogens with zero attached hydrogens (tertiary/aromatic N) is 2. The van der Waals surface area contributed by atoms with Gasteiger partial charge in [0.1, 0.15) is 16.2 Å². The van der Waals surface area contributed by atoms with E-state index in [-0.39, 0.29) is 17.7 Å². The van der Waals surface area contributed by atoms with E-state index in [1.54, 1.807) is 17.7 Å². The second kappa shape index (κ2) is 6.67. The van der Waals surface area contributed by atoms with E-state index in [9.17, 15) is 4.79 Å².